The molecular weight excluding hydrogens is 286 g/mol. The number of aromatic nitrogens is 3. The first kappa shape index (κ1) is 13.9. The quantitative estimate of drug-likeness (QED) is 0.709. The molecule has 0 aliphatic carbocycles. The van der Waals surface area contributed by atoms with Crippen LogP contribution >= 0.6 is 11.8 Å². The average Bonchev–Trinajstić information content (AvgIpc) is 3.15. The number of thioether (sulfide) groups is 1. The molecule has 5 nitrogen and oxygen atoms in total. The zero-order chi connectivity index (χ0) is 14.7. The molecule has 0 radical (unpaired) electrons. The van der Waals surface area contributed by atoms with Crippen molar-refractivity contribution in [3.63, 3.8) is 0 Å². The van der Waals surface area contributed by atoms with Crippen LogP contribution in [0.25, 0.3) is 11.4 Å². The number of hydrogen-bond donors (Lipinski definition) is 0. The first-order valence-corrected chi connectivity index (χ1v) is 7.70. The Morgan fingerprint density at radius 2 is 1.95 bits per heavy atom. The van der Waals surface area contributed by atoms with Gasteiger partial charge < -0.3 is 9.05 Å². The molecule has 0 N–H and O–H groups in total. The predicted octanol–water partition coefficient (Wildman–Crippen LogP) is 4.03. The van der Waals surface area contributed by atoms with Gasteiger partial charge in [0.15, 0.2) is 0 Å². The van der Waals surface area contributed by atoms with Gasteiger partial charge in [-0.05, 0) is 13.8 Å². The van der Waals surface area contributed by atoms with E-state index in [1.54, 1.807) is 11.8 Å². The summed E-state index contributed by atoms with van der Waals surface area (Å²) in [6, 6.07) is 11.7. The Kier molecular flexibility index (Phi) is 4.06. The topological polar surface area (TPSA) is 65.0 Å². The summed E-state index contributed by atoms with van der Waals surface area (Å²) >= 11 is 1.69. The van der Waals surface area contributed by atoms with E-state index >= 15 is 0 Å². The number of benzene rings is 1. The van der Waals surface area contributed by atoms with Crippen molar-refractivity contribution in [1.29, 1.82) is 0 Å². The number of aryl methyl sites for hydroxylation is 1. The van der Waals surface area contributed by atoms with Crippen LogP contribution in [0.1, 0.15) is 29.5 Å². The number of rotatable bonds is 5. The molecule has 0 saturated heterocycles. The largest absolute Gasteiger partial charge is 0.361 e. The molecule has 0 unspecified atom stereocenters. The Bertz CT molecular complexity index is 709. The lowest BCUT2D eigenvalue weighted by Crippen LogP contribution is -1.90. The molecule has 0 bridgehead atoms. The van der Waals surface area contributed by atoms with Crippen LogP contribution < -0.4 is 0 Å². The molecule has 0 saturated carbocycles. The summed E-state index contributed by atoms with van der Waals surface area (Å²) in [7, 11) is 0. The van der Waals surface area contributed by atoms with Crippen LogP contribution in [0.4, 0.5) is 0 Å². The van der Waals surface area contributed by atoms with E-state index in [2.05, 4.69) is 15.3 Å². The van der Waals surface area contributed by atoms with Gasteiger partial charge in [0, 0.05) is 17.4 Å². The van der Waals surface area contributed by atoms with Crippen LogP contribution in [0.3, 0.4) is 0 Å². The lowest BCUT2D eigenvalue weighted by molar-refractivity contribution is 0.380. The van der Waals surface area contributed by atoms with Gasteiger partial charge in [0.1, 0.15) is 5.76 Å². The van der Waals surface area contributed by atoms with Gasteiger partial charge in [-0.2, -0.15) is 4.98 Å². The molecule has 3 aromatic rings. The van der Waals surface area contributed by atoms with Gasteiger partial charge in [-0.25, -0.2) is 0 Å². The highest BCUT2D eigenvalue weighted by atomic mass is 32.2. The zero-order valence-corrected chi connectivity index (χ0v) is 12.6. The van der Waals surface area contributed by atoms with Crippen LogP contribution in [0.5, 0.6) is 0 Å². The Morgan fingerprint density at radius 3 is 2.67 bits per heavy atom. The minimum atomic E-state index is 0.104. The van der Waals surface area contributed by atoms with Gasteiger partial charge in [-0.3, -0.25) is 0 Å². The lowest BCUT2D eigenvalue weighted by atomic mass is 10.2. The van der Waals surface area contributed by atoms with Crippen LogP contribution in [-0.2, 0) is 5.75 Å². The van der Waals surface area contributed by atoms with E-state index in [0.29, 0.717) is 11.7 Å². The molecule has 0 amide bonds. The minimum absolute atomic E-state index is 0.104. The van der Waals surface area contributed by atoms with Crippen molar-refractivity contribution in [2.45, 2.75) is 24.9 Å². The van der Waals surface area contributed by atoms with Gasteiger partial charge >= 0.3 is 0 Å². The van der Waals surface area contributed by atoms with Crippen molar-refractivity contribution in [3.05, 3.63) is 53.7 Å². The third-order valence-electron chi connectivity index (χ3n) is 2.98. The van der Waals surface area contributed by atoms with E-state index in [1.165, 1.54) is 0 Å². The Balaban J connectivity index is 1.65. The van der Waals surface area contributed by atoms with Gasteiger partial charge in [0.2, 0.25) is 11.7 Å². The second-order valence-corrected chi connectivity index (χ2v) is 6.03. The highest BCUT2D eigenvalue weighted by molar-refractivity contribution is 7.98. The second-order valence-electron chi connectivity index (χ2n) is 4.70. The van der Waals surface area contributed by atoms with Gasteiger partial charge in [-0.15, -0.1) is 11.8 Å². The fraction of sp³-hybridized carbons (Fsp3) is 0.267. The first-order chi connectivity index (χ1) is 10.2. The molecule has 0 aliphatic rings. The molecule has 0 fully saturated rings. The highest BCUT2D eigenvalue weighted by Crippen LogP contribution is 2.30. The molecule has 2 aromatic heterocycles. The SMILES string of the molecule is Cc1cc(CS[C@H](C)c2nc(-c3ccccc3)no2)no1. The Hall–Kier alpha value is -2.08. The molecule has 2 heterocycles. The van der Waals surface area contributed by atoms with E-state index in [0.717, 1.165) is 22.8 Å². The molecule has 0 aliphatic heterocycles. The third kappa shape index (κ3) is 3.33. The molecule has 3 rings (SSSR count). The third-order valence-corrected chi connectivity index (χ3v) is 4.14. The van der Waals surface area contributed by atoms with Crippen molar-refractivity contribution >= 4 is 11.8 Å². The zero-order valence-electron chi connectivity index (χ0n) is 11.8. The normalized spacial score (nSPS) is 12.5. The van der Waals surface area contributed by atoms with E-state index in [1.807, 2.05) is 50.2 Å². The molecule has 1 atom stereocenters. The summed E-state index contributed by atoms with van der Waals surface area (Å²) in [5.41, 5.74) is 1.88. The number of nitrogens with zero attached hydrogens (tertiary/aromatic N) is 3. The van der Waals surface area contributed by atoms with E-state index < -0.39 is 0 Å². The average molecular weight is 301 g/mol. The van der Waals surface area contributed by atoms with E-state index in [9.17, 15) is 0 Å². The standard InChI is InChI=1S/C15H15N3O2S/c1-10-8-13(17-19-10)9-21-11(2)15-16-14(18-20-15)12-6-4-3-5-7-12/h3-8,11H,9H2,1-2H3/t11-/m1/s1. The summed E-state index contributed by atoms with van der Waals surface area (Å²) in [5, 5.41) is 8.11. The lowest BCUT2D eigenvalue weighted by Gasteiger charge is -2.03. The molecule has 1 aromatic carbocycles. The van der Waals surface area contributed by atoms with E-state index in [4.69, 9.17) is 9.05 Å². The van der Waals surface area contributed by atoms with Gasteiger partial charge in [0.25, 0.3) is 0 Å². The number of hydrogen-bond acceptors (Lipinski definition) is 6. The van der Waals surface area contributed by atoms with Gasteiger partial charge in [0.05, 0.1) is 10.9 Å². The maximum Gasteiger partial charge on any atom is 0.239 e. The maximum absolute atomic E-state index is 5.35. The van der Waals surface area contributed by atoms with Crippen molar-refractivity contribution in [1.82, 2.24) is 15.3 Å². The molecular formula is C15H15N3O2S. The van der Waals surface area contributed by atoms with Crippen LogP contribution in [0.2, 0.25) is 0 Å². The van der Waals surface area contributed by atoms with Crippen LogP contribution in [0, 0.1) is 6.92 Å². The summed E-state index contributed by atoms with van der Waals surface area (Å²) in [4.78, 5) is 4.46. The molecule has 108 valence electrons. The summed E-state index contributed by atoms with van der Waals surface area (Å²) in [6.07, 6.45) is 0. The first-order valence-electron chi connectivity index (χ1n) is 6.65. The molecule has 21 heavy (non-hydrogen) atoms. The van der Waals surface area contributed by atoms with Crippen molar-refractivity contribution in [3.8, 4) is 11.4 Å². The monoisotopic (exact) mass is 301 g/mol. The Morgan fingerprint density at radius 1 is 1.14 bits per heavy atom. The fourth-order valence-corrected chi connectivity index (χ4v) is 2.67. The smallest absolute Gasteiger partial charge is 0.239 e. The van der Waals surface area contributed by atoms with Gasteiger partial charge in [-0.1, -0.05) is 40.6 Å². The summed E-state index contributed by atoms with van der Waals surface area (Å²) in [6.45, 7) is 3.93. The molecule has 6 heteroatoms. The molecule has 0 spiro atoms. The summed E-state index contributed by atoms with van der Waals surface area (Å²) in [5.74, 6) is 2.82. The van der Waals surface area contributed by atoms with Crippen LogP contribution in [-0.4, -0.2) is 15.3 Å². The van der Waals surface area contributed by atoms with Crippen molar-refractivity contribution in [2.75, 3.05) is 0 Å². The van der Waals surface area contributed by atoms with Crippen molar-refractivity contribution < 1.29 is 9.05 Å². The highest BCUT2D eigenvalue weighted by Gasteiger charge is 2.16. The second kappa shape index (κ2) is 6.13. The van der Waals surface area contributed by atoms with E-state index in [-0.39, 0.29) is 5.25 Å². The fourth-order valence-electron chi connectivity index (χ4n) is 1.87. The predicted molar refractivity (Wildman–Crippen MR) is 80.7 cm³/mol. The summed E-state index contributed by atoms with van der Waals surface area (Å²) < 4.78 is 10.4. The van der Waals surface area contributed by atoms with Crippen molar-refractivity contribution in [2.24, 2.45) is 0 Å². The van der Waals surface area contributed by atoms with Crippen LogP contribution in [0.15, 0.2) is 45.4 Å². The Labute approximate surface area is 126 Å². The minimum Gasteiger partial charge on any atom is -0.361 e. The maximum atomic E-state index is 5.35.